The number of aryl methyl sites for hydroxylation is 1. The Balaban J connectivity index is 1.36. The van der Waals surface area contributed by atoms with Gasteiger partial charge in [-0.1, -0.05) is 0 Å². The fraction of sp³-hybridized carbons (Fsp3) is 0.450. The molecular formula is C20H26N2O4. The van der Waals surface area contributed by atoms with Gasteiger partial charge in [-0.15, -0.1) is 0 Å². The standard InChI is InChI=1S/C20H26N2O4/c1-15-5-8-18(26-15)11-12-21-20(23)22-16-6-9-17(10-7-16)25-14-19-4-2-3-13-24-19/h5-10,19H,2-4,11-14H2,1H3,(H2,21,22,23)/t19-/m1/s1. The molecule has 6 nitrogen and oxygen atoms in total. The number of carbonyl (C=O) groups excluding carboxylic acids is 1. The first kappa shape index (κ1) is 18.3. The lowest BCUT2D eigenvalue weighted by Gasteiger charge is -2.22. The number of benzene rings is 1. The molecule has 6 heteroatoms. The van der Waals surface area contributed by atoms with Crippen molar-refractivity contribution in [3.05, 3.63) is 47.9 Å². The van der Waals surface area contributed by atoms with Gasteiger partial charge in [0.2, 0.25) is 0 Å². The van der Waals surface area contributed by atoms with Crippen molar-refractivity contribution in [2.24, 2.45) is 0 Å². The van der Waals surface area contributed by atoms with E-state index < -0.39 is 0 Å². The van der Waals surface area contributed by atoms with Crippen molar-refractivity contribution in [2.75, 3.05) is 25.1 Å². The molecule has 1 saturated heterocycles. The molecule has 1 fully saturated rings. The lowest BCUT2D eigenvalue weighted by molar-refractivity contribution is -0.0110. The van der Waals surface area contributed by atoms with Gasteiger partial charge in [0.1, 0.15) is 23.9 Å². The summed E-state index contributed by atoms with van der Waals surface area (Å²) in [6, 6.07) is 11.0. The minimum Gasteiger partial charge on any atom is -0.491 e. The third-order valence-corrected chi connectivity index (χ3v) is 4.28. The average Bonchev–Trinajstić information content (AvgIpc) is 3.07. The first-order chi connectivity index (χ1) is 12.7. The molecule has 1 aromatic carbocycles. The molecule has 2 amide bonds. The lowest BCUT2D eigenvalue weighted by atomic mass is 10.1. The summed E-state index contributed by atoms with van der Waals surface area (Å²) in [5.74, 6) is 2.52. The first-order valence-electron chi connectivity index (χ1n) is 9.14. The molecule has 1 aliphatic rings. The van der Waals surface area contributed by atoms with Crippen LogP contribution in [0.1, 0.15) is 30.8 Å². The number of rotatable bonds is 7. The van der Waals surface area contributed by atoms with E-state index in [1.54, 1.807) is 0 Å². The molecule has 2 heterocycles. The highest BCUT2D eigenvalue weighted by atomic mass is 16.5. The molecule has 3 rings (SSSR count). The van der Waals surface area contributed by atoms with Crippen LogP contribution in [-0.4, -0.2) is 31.9 Å². The number of amides is 2. The molecule has 1 aromatic heterocycles. The maximum absolute atomic E-state index is 11.9. The summed E-state index contributed by atoms with van der Waals surface area (Å²) in [5, 5.41) is 5.62. The number of carbonyl (C=O) groups is 1. The molecule has 1 aliphatic heterocycles. The second-order valence-electron chi connectivity index (χ2n) is 6.47. The lowest BCUT2D eigenvalue weighted by Crippen LogP contribution is -2.30. The number of hydrogen-bond donors (Lipinski definition) is 2. The Kier molecular flexibility index (Phi) is 6.55. The van der Waals surface area contributed by atoms with E-state index in [-0.39, 0.29) is 12.1 Å². The average molecular weight is 358 g/mol. The number of furan rings is 1. The SMILES string of the molecule is Cc1ccc(CCNC(=O)Nc2ccc(OC[C@H]3CCCCO3)cc2)o1. The number of nitrogens with one attached hydrogen (secondary N) is 2. The summed E-state index contributed by atoms with van der Waals surface area (Å²) in [4.78, 5) is 11.9. The van der Waals surface area contributed by atoms with Crippen LogP contribution in [0, 0.1) is 6.92 Å². The maximum atomic E-state index is 11.9. The van der Waals surface area contributed by atoms with Gasteiger partial charge in [0.15, 0.2) is 0 Å². The summed E-state index contributed by atoms with van der Waals surface area (Å²) in [6.45, 7) is 3.81. The Bertz CT molecular complexity index is 690. The normalized spacial score (nSPS) is 16.9. The highest BCUT2D eigenvalue weighted by molar-refractivity contribution is 5.89. The smallest absolute Gasteiger partial charge is 0.319 e. The van der Waals surface area contributed by atoms with E-state index in [1.165, 1.54) is 6.42 Å². The predicted molar refractivity (Wildman–Crippen MR) is 99.7 cm³/mol. The van der Waals surface area contributed by atoms with Gasteiger partial charge in [-0.25, -0.2) is 4.79 Å². The Labute approximate surface area is 153 Å². The Morgan fingerprint density at radius 1 is 1.19 bits per heavy atom. The molecular weight excluding hydrogens is 332 g/mol. The number of urea groups is 1. The van der Waals surface area contributed by atoms with Crippen molar-refractivity contribution in [3.8, 4) is 5.75 Å². The zero-order valence-corrected chi connectivity index (χ0v) is 15.1. The third-order valence-electron chi connectivity index (χ3n) is 4.28. The van der Waals surface area contributed by atoms with Crippen molar-refractivity contribution in [1.82, 2.24) is 5.32 Å². The van der Waals surface area contributed by atoms with Crippen LogP contribution >= 0.6 is 0 Å². The van der Waals surface area contributed by atoms with Gasteiger partial charge in [0, 0.05) is 25.3 Å². The minimum absolute atomic E-state index is 0.185. The van der Waals surface area contributed by atoms with Crippen molar-refractivity contribution >= 4 is 11.7 Å². The van der Waals surface area contributed by atoms with E-state index in [2.05, 4.69) is 10.6 Å². The second-order valence-corrected chi connectivity index (χ2v) is 6.47. The molecule has 26 heavy (non-hydrogen) atoms. The monoisotopic (exact) mass is 358 g/mol. The predicted octanol–water partition coefficient (Wildman–Crippen LogP) is 3.90. The van der Waals surface area contributed by atoms with Gasteiger partial charge in [-0.2, -0.15) is 0 Å². The molecule has 0 saturated carbocycles. The quantitative estimate of drug-likeness (QED) is 0.787. The van der Waals surface area contributed by atoms with Gasteiger partial charge in [-0.05, 0) is 62.6 Å². The Hall–Kier alpha value is -2.47. The molecule has 2 N–H and O–H groups in total. The zero-order valence-electron chi connectivity index (χ0n) is 15.1. The summed E-state index contributed by atoms with van der Waals surface area (Å²) in [7, 11) is 0. The van der Waals surface area contributed by atoms with Gasteiger partial charge in [0.05, 0.1) is 6.10 Å². The fourth-order valence-electron chi connectivity index (χ4n) is 2.86. The van der Waals surface area contributed by atoms with E-state index in [1.807, 2.05) is 43.3 Å². The number of hydrogen-bond acceptors (Lipinski definition) is 4. The van der Waals surface area contributed by atoms with Gasteiger partial charge in [-0.3, -0.25) is 0 Å². The summed E-state index contributed by atoms with van der Waals surface area (Å²) in [5.41, 5.74) is 0.720. The third kappa shape index (κ3) is 5.81. The molecule has 140 valence electrons. The molecule has 0 aliphatic carbocycles. The van der Waals surface area contributed by atoms with E-state index in [0.29, 0.717) is 19.6 Å². The van der Waals surface area contributed by atoms with Crippen molar-refractivity contribution in [2.45, 2.75) is 38.7 Å². The Morgan fingerprint density at radius 3 is 2.73 bits per heavy atom. The molecule has 0 bridgehead atoms. The number of anilines is 1. The van der Waals surface area contributed by atoms with E-state index >= 15 is 0 Å². The van der Waals surface area contributed by atoms with Crippen LogP contribution < -0.4 is 15.4 Å². The second kappa shape index (κ2) is 9.29. The summed E-state index contributed by atoms with van der Waals surface area (Å²) in [6.07, 6.45) is 4.24. The van der Waals surface area contributed by atoms with Crippen LogP contribution in [-0.2, 0) is 11.2 Å². The van der Waals surface area contributed by atoms with Crippen LogP contribution in [0.3, 0.4) is 0 Å². The molecule has 0 radical (unpaired) electrons. The molecule has 1 atom stereocenters. The van der Waals surface area contributed by atoms with Crippen LogP contribution in [0.25, 0.3) is 0 Å². The van der Waals surface area contributed by atoms with Gasteiger partial charge in [0.25, 0.3) is 0 Å². The van der Waals surface area contributed by atoms with E-state index in [4.69, 9.17) is 13.9 Å². The zero-order chi connectivity index (χ0) is 18.2. The van der Waals surface area contributed by atoms with Crippen LogP contribution in [0.5, 0.6) is 5.75 Å². The van der Waals surface area contributed by atoms with Crippen LogP contribution in [0.2, 0.25) is 0 Å². The van der Waals surface area contributed by atoms with Crippen LogP contribution in [0.15, 0.2) is 40.8 Å². The maximum Gasteiger partial charge on any atom is 0.319 e. The van der Waals surface area contributed by atoms with E-state index in [9.17, 15) is 4.79 Å². The Morgan fingerprint density at radius 2 is 2.04 bits per heavy atom. The van der Waals surface area contributed by atoms with Gasteiger partial charge >= 0.3 is 6.03 Å². The van der Waals surface area contributed by atoms with Crippen molar-refractivity contribution in [3.63, 3.8) is 0 Å². The van der Waals surface area contributed by atoms with E-state index in [0.717, 1.165) is 42.4 Å². The summed E-state index contributed by atoms with van der Waals surface area (Å²) < 4.78 is 16.9. The first-order valence-corrected chi connectivity index (χ1v) is 9.14. The highest BCUT2D eigenvalue weighted by Gasteiger charge is 2.14. The molecule has 2 aromatic rings. The highest BCUT2D eigenvalue weighted by Crippen LogP contribution is 2.18. The van der Waals surface area contributed by atoms with Gasteiger partial charge < -0.3 is 24.5 Å². The molecule has 0 spiro atoms. The van der Waals surface area contributed by atoms with Crippen LogP contribution in [0.4, 0.5) is 10.5 Å². The topological polar surface area (TPSA) is 72.7 Å². The fourth-order valence-corrected chi connectivity index (χ4v) is 2.86. The largest absolute Gasteiger partial charge is 0.491 e. The van der Waals surface area contributed by atoms with Crippen molar-refractivity contribution in [1.29, 1.82) is 0 Å². The summed E-state index contributed by atoms with van der Waals surface area (Å²) >= 11 is 0. The molecule has 0 unspecified atom stereocenters. The van der Waals surface area contributed by atoms with Crippen molar-refractivity contribution < 1.29 is 18.7 Å². The number of ether oxygens (including phenoxy) is 2. The minimum atomic E-state index is -0.238.